The zero-order chi connectivity index (χ0) is 11.1. The maximum atomic E-state index is 5.72. The maximum absolute atomic E-state index is 5.72. The molecule has 1 aliphatic heterocycles. The van der Waals surface area contributed by atoms with Crippen molar-refractivity contribution >= 4 is 0 Å². The monoisotopic (exact) mass is 219 g/mol. The van der Waals surface area contributed by atoms with E-state index in [1.54, 1.807) is 0 Å². The van der Waals surface area contributed by atoms with Crippen LogP contribution in [0.5, 0.6) is 5.75 Å². The normalized spacial score (nSPS) is 21.4. The summed E-state index contributed by atoms with van der Waals surface area (Å²) in [4.78, 5) is 0. The highest BCUT2D eigenvalue weighted by Crippen LogP contribution is 2.16. The third-order valence-electron chi connectivity index (χ3n) is 3.19. The lowest BCUT2D eigenvalue weighted by molar-refractivity contribution is 0.272. The second kappa shape index (κ2) is 6.54. The molecule has 1 atom stereocenters. The molecule has 0 aliphatic carbocycles. The van der Waals surface area contributed by atoms with E-state index in [0.29, 0.717) is 0 Å². The maximum Gasteiger partial charge on any atom is 0.119 e. The number of benzene rings is 1. The average Bonchev–Trinajstić information content (AvgIpc) is 2.59. The number of ether oxygens (including phenoxy) is 1. The Balaban J connectivity index is 1.67. The molecule has 0 spiro atoms. The van der Waals surface area contributed by atoms with Gasteiger partial charge in [-0.15, -0.1) is 0 Å². The van der Waals surface area contributed by atoms with Crippen LogP contribution in [0.15, 0.2) is 30.3 Å². The summed E-state index contributed by atoms with van der Waals surface area (Å²) in [6, 6.07) is 10.1. The first-order valence-corrected chi connectivity index (χ1v) is 6.34. The summed E-state index contributed by atoms with van der Waals surface area (Å²) >= 11 is 0. The van der Waals surface area contributed by atoms with Crippen LogP contribution in [0.4, 0.5) is 0 Å². The van der Waals surface area contributed by atoms with Crippen molar-refractivity contribution in [2.75, 3.05) is 19.7 Å². The van der Waals surface area contributed by atoms with Crippen LogP contribution >= 0.6 is 0 Å². The van der Waals surface area contributed by atoms with Crippen LogP contribution in [-0.4, -0.2) is 19.7 Å². The highest BCUT2D eigenvalue weighted by atomic mass is 16.5. The third kappa shape index (κ3) is 3.86. The minimum absolute atomic E-state index is 0.797. The molecule has 2 heteroatoms. The molecule has 0 amide bonds. The van der Waals surface area contributed by atoms with Crippen LogP contribution in [0.2, 0.25) is 0 Å². The fourth-order valence-corrected chi connectivity index (χ4v) is 2.20. The summed E-state index contributed by atoms with van der Waals surface area (Å²) in [5, 5.41) is 3.49. The minimum atomic E-state index is 0.797. The second-order valence-corrected chi connectivity index (χ2v) is 4.52. The smallest absolute Gasteiger partial charge is 0.119 e. The zero-order valence-electron chi connectivity index (χ0n) is 9.82. The van der Waals surface area contributed by atoms with Crippen molar-refractivity contribution in [2.45, 2.75) is 25.7 Å². The molecule has 0 saturated carbocycles. The Morgan fingerprint density at radius 1 is 1.19 bits per heavy atom. The molecule has 1 heterocycles. The first kappa shape index (κ1) is 11.5. The predicted octanol–water partition coefficient (Wildman–Crippen LogP) is 2.85. The summed E-state index contributed by atoms with van der Waals surface area (Å²) in [5.41, 5.74) is 0. The van der Waals surface area contributed by atoms with E-state index in [1.807, 2.05) is 30.3 Å². The van der Waals surface area contributed by atoms with E-state index in [4.69, 9.17) is 4.74 Å². The van der Waals surface area contributed by atoms with Gasteiger partial charge in [0.2, 0.25) is 0 Å². The first-order chi connectivity index (χ1) is 7.95. The molecule has 88 valence electrons. The molecule has 1 unspecified atom stereocenters. The van der Waals surface area contributed by atoms with Crippen molar-refractivity contribution in [3.8, 4) is 5.75 Å². The van der Waals surface area contributed by atoms with Crippen LogP contribution in [-0.2, 0) is 0 Å². The number of para-hydroxylation sites is 1. The number of nitrogens with one attached hydrogen (secondary N) is 1. The molecule has 1 fully saturated rings. The Bertz CT molecular complexity index is 278. The highest BCUT2D eigenvalue weighted by Gasteiger charge is 2.11. The van der Waals surface area contributed by atoms with Gasteiger partial charge in [0.1, 0.15) is 5.75 Å². The Morgan fingerprint density at radius 2 is 2.06 bits per heavy atom. The van der Waals surface area contributed by atoms with Gasteiger partial charge in [0.05, 0.1) is 6.61 Å². The van der Waals surface area contributed by atoms with Gasteiger partial charge < -0.3 is 10.1 Å². The van der Waals surface area contributed by atoms with Crippen molar-refractivity contribution in [3.05, 3.63) is 30.3 Å². The van der Waals surface area contributed by atoms with E-state index in [0.717, 1.165) is 24.8 Å². The lowest BCUT2D eigenvalue weighted by Gasteiger charge is -2.14. The molecular formula is C14H21NO. The Hall–Kier alpha value is -1.02. The molecule has 0 radical (unpaired) electrons. The number of hydrogen-bond donors (Lipinski definition) is 1. The largest absolute Gasteiger partial charge is 0.494 e. The van der Waals surface area contributed by atoms with Crippen LogP contribution in [0, 0.1) is 5.92 Å². The molecule has 1 aliphatic rings. The van der Waals surface area contributed by atoms with Gasteiger partial charge >= 0.3 is 0 Å². The molecule has 1 saturated heterocycles. The third-order valence-corrected chi connectivity index (χ3v) is 3.19. The molecule has 1 aromatic rings. The van der Waals surface area contributed by atoms with Gasteiger partial charge in [-0.05, 0) is 50.4 Å². The van der Waals surface area contributed by atoms with E-state index in [-0.39, 0.29) is 0 Å². The van der Waals surface area contributed by atoms with Crippen molar-refractivity contribution in [2.24, 2.45) is 5.92 Å². The van der Waals surface area contributed by atoms with Gasteiger partial charge in [0.15, 0.2) is 0 Å². The van der Waals surface area contributed by atoms with Crippen LogP contribution in [0.25, 0.3) is 0 Å². The van der Waals surface area contributed by atoms with Crippen LogP contribution in [0.3, 0.4) is 0 Å². The summed E-state index contributed by atoms with van der Waals surface area (Å²) < 4.78 is 5.72. The van der Waals surface area contributed by atoms with Crippen LogP contribution in [0.1, 0.15) is 25.7 Å². The quantitative estimate of drug-likeness (QED) is 0.840. The molecule has 1 aromatic carbocycles. The molecular weight excluding hydrogens is 198 g/mol. The van der Waals surface area contributed by atoms with Gasteiger partial charge in [0.25, 0.3) is 0 Å². The lowest BCUT2D eigenvalue weighted by atomic mass is 10.0. The number of rotatable bonds is 4. The van der Waals surface area contributed by atoms with Gasteiger partial charge in [-0.25, -0.2) is 0 Å². The average molecular weight is 219 g/mol. The van der Waals surface area contributed by atoms with E-state index in [9.17, 15) is 0 Å². The van der Waals surface area contributed by atoms with Crippen molar-refractivity contribution in [1.82, 2.24) is 5.32 Å². The standard InChI is InChI=1S/C14H21NO/c1-2-7-14(8-3-1)16-11-9-13-6-4-5-10-15-12-13/h1-3,7-8,13,15H,4-6,9-12H2. The predicted molar refractivity (Wildman–Crippen MR) is 66.8 cm³/mol. The summed E-state index contributed by atoms with van der Waals surface area (Å²) in [6.45, 7) is 3.20. The Morgan fingerprint density at radius 3 is 2.94 bits per heavy atom. The summed E-state index contributed by atoms with van der Waals surface area (Å²) in [7, 11) is 0. The fourth-order valence-electron chi connectivity index (χ4n) is 2.20. The fraction of sp³-hybridized carbons (Fsp3) is 0.571. The first-order valence-electron chi connectivity index (χ1n) is 6.34. The Labute approximate surface area is 98.0 Å². The summed E-state index contributed by atoms with van der Waals surface area (Å²) in [6.07, 6.45) is 5.21. The van der Waals surface area contributed by atoms with Crippen LogP contribution < -0.4 is 10.1 Å². The van der Waals surface area contributed by atoms with Crippen molar-refractivity contribution in [3.63, 3.8) is 0 Å². The van der Waals surface area contributed by atoms with Gasteiger partial charge in [-0.1, -0.05) is 24.6 Å². The topological polar surface area (TPSA) is 21.3 Å². The van der Waals surface area contributed by atoms with Crippen molar-refractivity contribution < 1.29 is 4.74 Å². The molecule has 16 heavy (non-hydrogen) atoms. The second-order valence-electron chi connectivity index (χ2n) is 4.52. The molecule has 2 nitrogen and oxygen atoms in total. The molecule has 1 N–H and O–H groups in total. The highest BCUT2D eigenvalue weighted by molar-refractivity contribution is 5.20. The lowest BCUT2D eigenvalue weighted by Crippen LogP contribution is -2.21. The SMILES string of the molecule is c1ccc(OCCC2CCCCNC2)cc1. The van der Waals surface area contributed by atoms with Gasteiger partial charge in [-0.3, -0.25) is 0 Å². The van der Waals surface area contributed by atoms with E-state index in [1.165, 1.54) is 32.2 Å². The minimum Gasteiger partial charge on any atom is -0.494 e. The van der Waals surface area contributed by atoms with E-state index < -0.39 is 0 Å². The zero-order valence-corrected chi connectivity index (χ0v) is 9.82. The van der Waals surface area contributed by atoms with Crippen molar-refractivity contribution in [1.29, 1.82) is 0 Å². The Kier molecular flexibility index (Phi) is 4.69. The molecule has 2 rings (SSSR count). The van der Waals surface area contributed by atoms with E-state index >= 15 is 0 Å². The van der Waals surface area contributed by atoms with E-state index in [2.05, 4.69) is 5.32 Å². The van der Waals surface area contributed by atoms with Gasteiger partial charge in [-0.2, -0.15) is 0 Å². The number of hydrogen-bond acceptors (Lipinski definition) is 2. The summed E-state index contributed by atoms with van der Waals surface area (Å²) in [5.74, 6) is 1.79. The molecule has 0 bridgehead atoms. The van der Waals surface area contributed by atoms with Gasteiger partial charge in [0, 0.05) is 0 Å². The molecule has 0 aromatic heterocycles.